The number of ether oxygens (including phenoxy) is 2. The van der Waals surface area contributed by atoms with Crippen molar-refractivity contribution in [3.63, 3.8) is 0 Å². The van der Waals surface area contributed by atoms with Crippen molar-refractivity contribution in [3.05, 3.63) is 101 Å². The van der Waals surface area contributed by atoms with Gasteiger partial charge in [0.2, 0.25) is 0 Å². The molecule has 5 heteroatoms. The van der Waals surface area contributed by atoms with Crippen LogP contribution in [-0.2, 0) is 24.3 Å². The van der Waals surface area contributed by atoms with E-state index in [-0.39, 0.29) is 5.91 Å². The van der Waals surface area contributed by atoms with Crippen molar-refractivity contribution < 1.29 is 14.3 Å². The summed E-state index contributed by atoms with van der Waals surface area (Å²) in [6.45, 7) is 8.20. The first-order valence-corrected chi connectivity index (χ1v) is 13.2. The molecule has 1 amide bonds. The Kier molecular flexibility index (Phi) is 9.95. The van der Waals surface area contributed by atoms with Gasteiger partial charge in [0.15, 0.2) is 0 Å². The van der Waals surface area contributed by atoms with Crippen LogP contribution in [0.5, 0.6) is 5.75 Å². The van der Waals surface area contributed by atoms with Gasteiger partial charge in [-0.15, -0.1) is 0 Å². The van der Waals surface area contributed by atoms with Crippen molar-refractivity contribution in [2.24, 2.45) is 0 Å². The quantitative estimate of drug-likeness (QED) is 0.335. The molecule has 0 unspecified atom stereocenters. The van der Waals surface area contributed by atoms with E-state index in [1.807, 2.05) is 47.4 Å². The Morgan fingerprint density at radius 2 is 1.58 bits per heavy atom. The van der Waals surface area contributed by atoms with Crippen molar-refractivity contribution in [1.29, 1.82) is 0 Å². The summed E-state index contributed by atoms with van der Waals surface area (Å²) in [7, 11) is 0. The molecule has 1 aliphatic heterocycles. The van der Waals surface area contributed by atoms with Crippen LogP contribution in [-0.4, -0.2) is 55.1 Å². The van der Waals surface area contributed by atoms with Crippen LogP contribution < -0.4 is 4.74 Å². The number of unbranched alkanes of at least 4 members (excludes halogenated alkanes) is 1. The standard InChI is InChI=1S/C31H38N2O3/c1-2-3-7-26-10-14-29(15-11-26)31(34)33(19-18-32-20-22-35-23-21-32)24-27-12-16-30(17-13-27)36-25-28-8-5-4-6-9-28/h4-6,8-17H,2-3,7,18-25H2,1H3. The van der Waals surface area contributed by atoms with Gasteiger partial charge in [-0.1, -0.05) is 67.9 Å². The number of morpholine rings is 1. The number of carbonyl (C=O) groups is 1. The fraction of sp³-hybridized carbons (Fsp3) is 0.387. The molecule has 1 heterocycles. The second-order valence-corrected chi connectivity index (χ2v) is 9.40. The van der Waals surface area contributed by atoms with E-state index in [0.29, 0.717) is 19.7 Å². The smallest absolute Gasteiger partial charge is 0.254 e. The maximum Gasteiger partial charge on any atom is 0.254 e. The van der Waals surface area contributed by atoms with Gasteiger partial charge in [0.05, 0.1) is 13.2 Å². The molecule has 0 atom stereocenters. The lowest BCUT2D eigenvalue weighted by atomic mass is 10.1. The number of carbonyl (C=O) groups excluding carboxylic acids is 1. The normalized spacial score (nSPS) is 13.9. The number of hydrogen-bond acceptors (Lipinski definition) is 4. The highest BCUT2D eigenvalue weighted by atomic mass is 16.5. The molecule has 1 saturated heterocycles. The van der Waals surface area contributed by atoms with Crippen LogP contribution in [0.2, 0.25) is 0 Å². The van der Waals surface area contributed by atoms with E-state index < -0.39 is 0 Å². The maximum absolute atomic E-state index is 13.5. The number of benzene rings is 3. The molecular formula is C31H38N2O3. The monoisotopic (exact) mass is 486 g/mol. The molecule has 3 aromatic rings. The molecule has 3 aromatic carbocycles. The van der Waals surface area contributed by atoms with Crippen molar-refractivity contribution in [3.8, 4) is 5.75 Å². The summed E-state index contributed by atoms with van der Waals surface area (Å²) < 4.78 is 11.4. The molecule has 0 spiro atoms. The molecule has 0 N–H and O–H groups in total. The van der Waals surface area contributed by atoms with Crippen LogP contribution in [0.3, 0.4) is 0 Å². The summed E-state index contributed by atoms with van der Waals surface area (Å²) >= 11 is 0. The highest BCUT2D eigenvalue weighted by molar-refractivity contribution is 5.94. The zero-order chi connectivity index (χ0) is 25.0. The SMILES string of the molecule is CCCCc1ccc(C(=O)N(CCN2CCOCC2)Cc2ccc(OCc3ccccc3)cc2)cc1. The molecule has 36 heavy (non-hydrogen) atoms. The Labute approximate surface area is 215 Å². The van der Waals surface area contributed by atoms with Crippen LogP contribution in [0.25, 0.3) is 0 Å². The highest BCUT2D eigenvalue weighted by Crippen LogP contribution is 2.18. The molecule has 1 aliphatic rings. The first-order chi connectivity index (χ1) is 17.7. The van der Waals surface area contributed by atoms with Crippen molar-refractivity contribution in [2.75, 3.05) is 39.4 Å². The molecule has 0 radical (unpaired) electrons. The van der Waals surface area contributed by atoms with E-state index in [4.69, 9.17) is 9.47 Å². The summed E-state index contributed by atoms with van der Waals surface area (Å²) in [5.41, 5.74) is 4.28. The molecule has 5 nitrogen and oxygen atoms in total. The largest absolute Gasteiger partial charge is 0.489 e. The van der Waals surface area contributed by atoms with Crippen LogP contribution in [0.4, 0.5) is 0 Å². The summed E-state index contributed by atoms with van der Waals surface area (Å²) in [5, 5.41) is 0. The lowest BCUT2D eigenvalue weighted by Crippen LogP contribution is -2.42. The lowest BCUT2D eigenvalue weighted by molar-refractivity contribution is 0.0320. The predicted octanol–water partition coefficient (Wildman–Crippen LogP) is 5.58. The fourth-order valence-electron chi connectivity index (χ4n) is 4.37. The average Bonchev–Trinajstić information content (AvgIpc) is 2.94. The summed E-state index contributed by atoms with van der Waals surface area (Å²) in [6, 6.07) is 26.4. The molecule has 0 bridgehead atoms. The predicted molar refractivity (Wildman–Crippen MR) is 144 cm³/mol. The third-order valence-electron chi connectivity index (χ3n) is 6.64. The van der Waals surface area contributed by atoms with Gasteiger partial charge in [-0.05, 0) is 53.8 Å². The van der Waals surface area contributed by atoms with Crippen LogP contribution in [0.15, 0.2) is 78.9 Å². The van der Waals surface area contributed by atoms with Crippen molar-refractivity contribution >= 4 is 5.91 Å². The third-order valence-corrected chi connectivity index (χ3v) is 6.64. The summed E-state index contributed by atoms with van der Waals surface area (Å²) in [6.07, 6.45) is 3.40. The first-order valence-electron chi connectivity index (χ1n) is 13.2. The number of aryl methyl sites for hydroxylation is 1. The van der Waals surface area contributed by atoms with Gasteiger partial charge < -0.3 is 14.4 Å². The second kappa shape index (κ2) is 13.8. The molecule has 0 saturated carbocycles. The zero-order valence-electron chi connectivity index (χ0n) is 21.4. The van der Waals surface area contributed by atoms with Crippen LogP contribution >= 0.6 is 0 Å². The van der Waals surface area contributed by atoms with Crippen LogP contribution in [0, 0.1) is 0 Å². The van der Waals surface area contributed by atoms with E-state index in [0.717, 1.165) is 61.7 Å². The second-order valence-electron chi connectivity index (χ2n) is 9.40. The van der Waals surface area contributed by atoms with Crippen molar-refractivity contribution in [2.45, 2.75) is 39.3 Å². The lowest BCUT2D eigenvalue weighted by Gasteiger charge is -2.30. The summed E-state index contributed by atoms with van der Waals surface area (Å²) in [4.78, 5) is 17.9. The molecule has 0 aliphatic carbocycles. The van der Waals surface area contributed by atoms with E-state index in [1.54, 1.807) is 0 Å². The number of amides is 1. The number of nitrogens with zero attached hydrogens (tertiary/aromatic N) is 2. The van der Waals surface area contributed by atoms with Gasteiger partial charge in [0.1, 0.15) is 12.4 Å². The van der Waals surface area contributed by atoms with E-state index in [1.165, 1.54) is 18.4 Å². The summed E-state index contributed by atoms with van der Waals surface area (Å²) in [5.74, 6) is 0.908. The maximum atomic E-state index is 13.5. The molecule has 190 valence electrons. The highest BCUT2D eigenvalue weighted by Gasteiger charge is 2.19. The van der Waals surface area contributed by atoms with Gasteiger partial charge in [0.25, 0.3) is 5.91 Å². The Balaban J connectivity index is 1.40. The van der Waals surface area contributed by atoms with Gasteiger partial charge in [-0.2, -0.15) is 0 Å². The zero-order valence-corrected chi connectivity index (χ0v) is 21.4. The van der Waals surface area contributed by atoms with Gasteiger partial charge in [-0.25, -0.2) is 0 Å². The minimum absolute atomic E-state index is 0.0784. The number of hydrogen-bond donors (Lipinski definition) is 0. The van der Waals surface area contributed by atoms with Gasteiger partial charge in [0, 0.05) is 38.3 Å². The van der Waals surface area contributed by atoms with E-state index in [9.17, 15) is 4.79 Å². The Hall–Kier alpha value is -3.15. The Morgan fingerprint density at radius 1 is 0.889 bits per heavy atom. The van der Waals surface area contributed by atoms with E-state index >= 15 is 0 Å². The van der Waals surface area contributed by atoms with E-state index in [2.05, 4.69) is 48.2 Å². The molecule has 0 aromatic heterocycles. The fourth-order valence-corrected chi connectivity index (χ4v) is 4.37. The van der Waals surface area contributed by atoms with Gasteiger partial charge >= 0.3 is 0 Å². The molecule has 4 rings (SSSR count). The third kappa shape index (κ3) is 7.94. The minimum Gasteiger partial charge on any atom is -0.489 e. The Morgan fingerprint density at radius 3 is 2.28 bits per heavy atom. The van der Waals surface area contributed by atoms with Crippen molar-refractivity contribution in [1.82, 2.24) is 9.80 Å². The molecule has 1 fully saturated rings. The van der Waals surface area contributed by atoms with Crippen LogP contribution in [0.1, 0.15) is 46.8 Å². The van der Waals surface area contributed by atoms with Gasteiger partial charge in [-0.3, -0.25) is 9.69 Å². The first kappa shape index (κ1) is 25.9. The number of rotatable bonds is 12. The Bertz CT molecular complexity index is 1050. The topological polar surface area (TPSA) is 42.0 Å². The average molecular weight is 487 g/mol. The molecular weight excluding hydrogens is 448 g/mol. The minimum atomic E-state index is 0.0784.